The number of hydrazine groups is 1. The van der Waals surface area contributed by atoms with Crippen LogP contribution in [0, 0.1) is 10.1 Å². The van der Waals surface area contributed by atoms with Crippen molar-refractivity contribution in [3.63, 3.8) is 0 Å². The first-order valence-electron chi connectivity index (χ1n) is 7.56. The van der Waals surface area contributed by atoms with E-state index in [2.05, 4.69) is 10.9 Å². The molecule has 0 saturated carbocycles. The molecule has 136 valence electrons. The molecule has 9 heteroatoms. The van der Waals surface area contributed by atoms with Crippen LogP contribution < -0.4 is 20.3 Å². The van der Waals surface area contributed by atoms with E-state index in [0.29, 0.717) is 11.5 Å². The summed E-state index contributed by atoms with van der Waals surface area (Å²) in [6.45, 7) is 1.50. The molecule has 1 unspecified atom stereocenters. The summed E-state index contributed by atoms with van der Waals surface area (Å²) >= 11 is 0. The lowest BCUT2D eigenvalue weighted by molar-refractivity contribution is -0.385. The molecule has 2 N–H and O–H groups in total. The molecule has 0 aliphatic carbocycles. The highest BCUT2D eigenvalue weighted by Crippen LogP contribution is 2.18. The predicted octanol–water partition coefficient (Wildman–Crippen LogP) is 1.83. The van der Waals surface area contributed by atoms with Gasteiger partial charge >= 0.3 is 0 Å². The van der Waals surface area contributed by atoms with E-state index in [1.54, 1.807) is 24.3 Å². The van der Waals surface area contributed by atoms with Gasteiger partial charge in [-0.25, -0.2) is 0 Å². The summed E-state index contributed by atoms with van der Waals surface area (Å²) in [5.74, 6) is -0.334. The van der Waals surface area contributed by atoms with Crippen LogP contribution in [0.3, 0.4) is 0 Å². The first kappa shape index (κ1) is 18.7. The number of carbonyl (C=O) groups is 2. The fourth-order valence-corrected chi connectivity index (χ4v) is 2.02. The quantitative estimate of drug-likeness (QED) is 0.600. The van der Waals surface area contributed by atoms with Crippen molar-refractivity contribution in [3.8, 4) is 11.5 Å². The lowest BCUT2D eigenvalue weighted by Crippen LogP contribution is -2.47. The molecule has 9 nitrogen and oxygen atoms in total. The highest BCUT2D eigenvalue weighted by molar-refractivity contribution is 5.99. The largest absolute Gasteiger partial charge is 0.497 e. The Hall–Kier alpha value is -3.62. The third kappa shape index (κ3) is 4.69. The Balaban J connectivity index is 1.93. The van der Waals surface area contributed by atoms with Gasteiger partial charge in [-0.2, -0.15) is 0 Å². The highest BCUT2D eigenvalue weighted by atomic mass is 16.6. The van der Waals surface area contributed by atoms with Crippen LogP contribution in [0.2, 0.25) is 0 Å². The van der Waals surface area contributed by atoms with Crippen molar-refractivity contribution in [2.75, 3.05) is 7.11 Å². The summed E-state index contributed by atoms with van der Waals surface area (Å²) in [7, 11) is 1.53. The van der Waals surface area contributed by atoms with Gasteiger partial charge in [-0.1, -0.05) is 12.1 Å². The molecular formula is C17H17N3O6. The third-order valence-electron chi connectivity index (χ3n) is 3.39. The minimum Gasteiger partial charge on any atom is -0.497 e. The molecule has 2 aromatic rings. The number of nitrogens with zero attached hydrogens (tertiary/aromatic N) is 1. The van der Waals surface area contributed by atoms with Crippen LogP contribution in [-0.4, -0.2) is 30.0 Å². The van der Waals surface area contributed by atoms with Crippen molar-refractivity contribution in [2.45, 2.75) is 13.0 Å². The standard InChI is InChI=1S/C17H17N3O6/c1-11(26-13-9-7-12(25-2)8-10-13)16(21)18-19-17(22)14-5-3-4-6-15(14)20(23)24/h3-11H,1-2H3,(H,18,21)(H,19,22). The van der Waals surface area contributed by atoms with E-state index in [4.69, 9.17) is 9.47 Å². The van der Waals surface area contributed by atoms with Crippen molar-refractivity contribution in [1.29, 1.82) is 0 Å². The lowest BCUT2D eigenvalue weighted by Gasteiger charge is -2.15. The Morgan fingerprint density at radius 3 is 2.27 bits per heavy atom. The molecule has 2 amide bonds. The molecule has 0 aliphatic rings. The van der Waals surface area contributed by atoms with E-state index in [-0.39, 0.29) is 11.3 Å². The zero-order chi connectivity index (χ0) is 19.1. The number of hydrogen-bond acceptors (Lipinski definition) is 6. The van der Waals surface area contributed by atoms with E-state index in [9.17, 15) is 19.7 Å². The molecule has 1 atom stereocenters. The Bertz CT molecular complexity index is 806. The monoisotopic (exact) mass is 359 g/mol. The van der Waals surface area contributed by atoms with Gasteiger partial charge in [-0.3, -0.25) is 30.6 Å². The van der Waals surface area contributed by atoms with Crippen LogP contribution in [0.4, 0.5) is 5.69 Å². The van der Waals surface area contributed by atoms with Gasteiger partial charge in [0.2, 0.25) is 0 Å². The summed E-state index contributed by atoms with van der Waals surface area (Å²) in [6.07, 6.45) is -0.908. The number of amides is 2. The second-order valence-electron chi connectivity index (χ2n) is 5.15. The van der Waals surface area contributed by atoms with Gasteiger partial charge in [0.05, 0.1) is 12.0 Å². The van der Waals surface area contributed by atoms with E-state index < -0.39 is 22.8 Å². The summed E-state index contributed by atoms with van der Waals surface area (Å²) in [6, 6.07) is 12.0. The molecule has 0 aliphatic heterocycles. The SMILES string of the molecule is COc1ccc(OC(C)C(=O)NNC(=O)c2ccccc2[N+](=O)[O-])cc1. The van der Waals surface area contributed by atoms with Gasteiger partial charge in [-0.15, -0.1) is 0 Å². The molecule has 2 rings (SSSR count). The molecule has 0 heterocycles. The van der Waals surface area contributed by atoms with Crippen LogP contribution in [0.15, 0.2) is 48.5 Å². The summed E-state index contributed by atoms with van der Waals surface area (Å²) < 4.78 is 10.5. The number of nitrogens with one attached hydrogen (secondary N) is 2. The highest BCUT2D eigenvalue weighted by Gasteiger charge is 2.21. The van der Waals surface area contributed by atoms with Gasteiger partial charge in [-0.05, 0) is 37.3 Å². The minimum atomic E-state index is -0.908. The fourth-order valence-electron chi connectivity index (χ4n) is 2.02. The number of methoxy groups -OCH3 is 1. The average Bonchev–Trinajstić information content (AvgIpc) is 2.66. The number of para-hydroxylation sites is 1. The van der Waals surface area contributed by atoms with E-state index in [1.807, 2.05) is 0 Å². The average molecular weight is 359 g/mol. The summed E-state index contributed by atoms with van der Waals surface area (Å²) in [4.78, 5) is 34.3. The van der Waals surface area contributed by atoms with Crippen molar-refractivity contribution in [2.24, 2.45) is 0 Å². The van der Waals surface area contributed by atoms with Crippen LogP contribution in [0.1, 0.15) is 17.3 Å². The number of ether oxygens (including phenoxy) is 2. The maximum atomic E-state index is 12.0. The van der Waals surface area contributed by atoms with Crippen molar-refractivity contribution < 1.29 is 24.0 Å². The van der Waals surface area contributed by atoms with E-state index in [0.717, 1.165) is 0 Å². The second kappa shape index (κ2) is 8.47. The first-order chi connectivity index (χ1) is 12.4. The molecule has 0 bridgehead atoms. The van der Waals surface area contributed by atoms with Gasteiger partial charge in [0.25, 0.3) is 17.5 Å². The van der Waals surface area contributed by atoms with E-state index >= 15 is 0 Å². The van der Waals surface area contributed by atoms with Gasteiger partial charge in [0.1, 0.15) is 17.1 Å². The fraction of sp³-hybridized carbons (Fsp3) is 0.176. The van der Waals surface area contributed by atoms with Crippen molar-refractivity contribution in [1.82, 2.24) is 10.9 Å². The maximum Gasteiger partial charge on any atom is 0.282 e. The smallest absolute Gasteiger partial charge is 0.282 e. The number of nitro groups is 1. The summed E-state index contributed by atoms with van der Waals surface area (Å²) in [5.41, 5.74) is 3.79. The molecular weight excluding hydrogens is 342 g/mol. The van der Waals surface area contributed by atoms with Crippen LogP contribution in [0.25, 0.3) is 0 Å². The van der Waals surface area contributed by atoms with Gasteiger partial charge in [0, 0.05) is 6.07 Å². The third-order valence-corrected chi connectivity index (χ3v) is 3.39. The number of benzene rings is 2. The Kier molecular flexibility index (Phi) is 6.10. The van der Waals surface area contributed by atoms with Gasteiger partial charge in [0.15, 0.2) is 6.10 Å². The number of nitro benzene ring substituents is 1. The molecule has 2 aromatic carbocycles. The molecule has 0 fully saturated rings. The number of carbonyl (C=O) groups excluding carboxylic acids is 2. The molecule has 0 spiro atoms. The Morgan fingerprint density at radius 1 is 1.04 bits per heavy atom. The normalized spacial score (nSPS) is 11.2. The zero-order valence-electron chi connectivity index (χ0n) is 14.1. The Labute approximate surface area is 149 Å². The Morgan fingerprint density at radius 2 is 1.65 bits per heavy atom. The molecule has 26 heavy (non-hydrogen) atoms. The number of rotatable bonds is 6. The predicted molar refractivity (Wildman–Crippen MR) is 91.8 cm³/mol. The summed E-state index contributed by atoms with van der Waals surface area (Å²) in [5, 5.41) is 10.9. The van der Waals surface area contributed by atoms with Gasteiger partial charge < -0.3 is 9.47 Å². The van der Waals surface area contributed by atoms with Crippen LogP contribution in [-0.2, 0) is 4.79 Å². The number of hydrogen-bond donors (Lipinski definition) is 2. The maximum absolute atomic E-state index is 12.0. The second-order valence-corrected chi connectivity index (χ2v) is 5.15. The van der Waals surface area contributed by atoms with Crippen LogP contribution in [0.5, 0.6) is 11.5 Å². The van der Waals surface area contributed by atoms with Crippen molar-refractivity contribution >= 4 is 17.5 Å². The van der Waals surface area contributed by atoms with E-state index in [1.165, 1.54) is 38.3 Å². The first-order valence-corrected chi connectivity index (χ1v) is 7.56. The topological polar surface area (TPSA) is 120 Å². The molecule has 0 radical (unpaired) electrons. The van der Waals surface area contributed by atoms with Crippen LogP contribution >= 0.6 is 0 Å². The van der Waals surface area contributed by atoms with Crippen molar-refractivity contribution in [3.05, 3.63) is 64.2 Å². The zero-order valence-corrected chi connectivity index (χ0v) is 14.1. The minimum absolute atomic E-state index is 0.165. The molecule has 0 saturated heterocycles. The lowest BCUT2D eigenvalue weighted by atomic mass is 10.2. The molecule has 0 aromatic heterocycles.